The second-order valence-corrected chi connectivity index (χ2v) is 4.33. The fraction of sp³-hybridized carbons (Fsp3) is 0.333. The molecule has 1 aromatic heterocycles. The van der Waals surface area contributed by atoms with Gasteiger partial charge in [0.25, 0.3) is 5.91 Å². The molecule has 1 amide bonds. The van der Waals surface area contributed by atoms with Crippen LogP contribution in [0.3, 0.4) is 0 Å². The molecule has 6 heteroatoms. The molecule has 0 aromatic carbocycles. The van der Waals surface area contributed by atoms with Crippen LogP contribution in [0.5, 0.6) is 0 Å². The van der Waals surface area contributed by atoms with Gasteiger partial charge in [-0.3, -0.25) is 4.79 Å². The van der Waals surface area contributed by atoms with Crippen molar-refractivity contribution >= 4 is 28.9 Å². The number of esters is 1. The molecule has 1 aromatic rings. The number of nitrogens with two attached hydrogens (primary N) is 2. The lowest BCUT2D eigenvalue weighted by Crippen LogP contribution is -2.30. The van der Waals surface area contributed by atoms with Crippen molar-refractivity contribution in [3.8, 4) is 0 Å². The Morgan fingerprint density at radius 3 is 2.53 bits per heavy atom. The first-order valence-electron chi connectivity index (χ1n) is 4.28. The molecule has 0 spiro atoms. The SMILES string of the molecule is Cc1sc(C(=O)OC(C)C(N)=O)cc1N. The highest BCUT2D eigenvalue weighted by atomic mass is 32.1. The van der Waals surface area contributed by atoms with E-state index in [4.69, 9.17) is 16.2 Å². The van der Waals surface area contributed by atoms with E-state index < -0.39 is 18.0 Å². The van der Waals surface area contributed by atoms with Gasteiger partial charge >= 0.3 is 5.97 Å². The Morgan fingerprint density at radius 2 is 2.13 bits per heavy atom. The topological polar surface area (TPSA) is 95.4 Å². The average molecular weight is 228 g/mol. The number of thiophene rings is 1. The lowest BCUT2D eigenvalue weighted by molar-refractivity contribution is -0.125. The van der Waals surface area contributed by atoms with Crippen LogP contribution in [0.25, 0.3) is 0 Å². The van der Waals surface area contributed by atoms with Crippen LogP contribution in [0.15, 0.2) is 6.07 Å². The quantitative estimate of drug-likeness (QED) is 0.743. The largest absolute Gasteiger partial charge is 0.448 e. The number of rotatable bonds is 3. The smallest absolute Gasteiger partial charge is 0.349 e. The van der Waals surface area contributed by atoms with Crippen molar-refractivity contribution in [2.45, 2.75) is 20.0 Å². The van der Waals surface area contributed by atoms with Crippen LogP contribution >= 0.6 is 11.3 Å². The number of carbonyl (C=O) groups excluding carboxylic acids is 2. The number of hydrogen-bond donors (Lipinski definition) is 2. The molecular weight excluding hydrogens is 216 g/mol. The number of ether oxygens (including phenoxy) is 1. The third kappa shape index (κ3) is 2.69. The van der Waals surface area contributed by atoms with Crippen LogP contribution in [0.2, 0.25) is 0 Å². The minimum absolute atomic E-state index is 0.373. The van der Waals surface area contributed by atoms with Crippen molar-refractivity contribution in [1.82, 2.24) is 0 Å². The van der Waals surface area contributed by atoms with Gasteiger partial charge in [0.15, 0.2) is 6.10 Å². The molecule has 1 unspecified atom stereocenters. The normalized spacial score (nSPS) is 12.1. The van der Waals surface area contributed by atoms with Gasteiger partial charge in [0.05, 0.1) is 0 Å². The molecule has 1 atom stereocenters. The zero-order valence-electron chi connectivity index (χ0n) is 8.44. The molecule has 0 aliphatic rings. The Hall–Kier alpha value is -1.56. The number of amides is 1. The first-order chi connectivity index (χ1) is 6.91. The molecule has 1 rings (SSSR count). The Morgan fingerprint density at radius 1 is 1.53 bits per heavy atom. The molecule has 0 saturated heterocycles. The second-order valence-electron chi connectivity index (χ2n) is 3.07. The summed E-state index contributed by atoms with van der Waals surface area (Å²) in [5.74, 6) is -1.25. The van der Waals surface area contributed by atoms with E-state index in [2.05, 4.69) is 0 Å². The second kappa shape index (κ2) is 4.31. The zero-order chi connectivity index (χ0) is 11.6. The number of hydrogen-bond acceptors (Lipinski definition) is 5. The number of primary amides is 1. The van der Waals surface area contributed by atoms with Crippen molar-refractivity contribution in [2.75, 3.05) is 5.73 Å². The van der Waals surface area contributed by atoms with Crippen LogP contribution in [-0.4, -0.2) is 18.0 Å². The highest BCUT2D eigenvalue weighted by Gasteiger charge is 2.18. The van der Waals surface area contributed by atoms with Crippen LogP contribution in [0.4, 0.5) is 5.69 Å². The van der Waals surface area contributed by atoms with Gasteiger partial charge in [-0.1, -0.05) is 0 Å². The fourth-order valence-corrected chi connectivity index (χ4v) is 1.70. The third-order valence-electron chi connectivity index (χ3n) is 1.84. The molecule has 0 radical (unpaired) electrons. The van der Waals surface area contributed by atoms with Gasteiger partial charge in [-0.2, -0.15) is 0 Å². The van der Waals surface area contributed by atoms with Crippen LogP contribution < -0.4 is 11.5 Å². The number of aryl methyl sites for hydroxylation is 1. The van der Waals surface area contributed by atoms with Crippen LogP contribution in [-0.2, 0) is 9.53 Å². The molecule has 0 bridgehead atoms. The van der Waals surface area contributed by atoms with E-state index in [-0.39, 0.29) is 0 Å². The predicted molar refractivity (Wildman–Crippen MR) is 57.5 cm³/mol. The van der Waals surface area contributed by atoms with E-state index in [1.807, 2.05) is 0 Å². The van der Waals surface area contributed by atoms with Gasteiger partial charge in [0.1, 0.15) is 4.88 Å². The van der Waals surface area contributed by atoms with E-state index in [9.17, 15) is 9.59 Å². The maximum atomic E-state index is 11.4. The van der Waals surface area contributed by atoms with Crippen LogP contribution in [0.1, 0.15) is 21.5 Å². The lowest BCUT2D eigenvalue weighted by Gasteiger charge is -2.07. The van der Waals surface area contributed by atoms with Gasteiger partial charge in [-0.15, -0.1) is 11.3 Å². The lowest BCUT2D eigenvalue weighted by atomic mass is 10.3. The first-order valence-corrected chi connectivity index (χ1v) is 5.09. The van der Waals surface area contributed by atoms with Crippen molar-refractivity contribution in [3.63, 3.8) is 0 Å². The average Bonchev–Trinajstić information content (AvgIpc) is 2.46. The minimum atomic E-state index is -0.930. The van der Waals surface area contributed by atoms with E-state index in [0.717, 1.165) is 4.88 Å². The van der Waals surface area contributed by atoms with E-state index in [0.29, 0.717) is 10.6 Å². The summed E-state index contributed by atoms with van der Waals surface area (Å²) >= 11 is 1.22. The molecule has 82 valence electrons. The Balaban J connectivity index is 2.73. The summed E-state index contributed by atoms with van der Waals surface area (Å²) in [5.41, 5.74) is 11.1. The van der Waals surface area contributed by atoms with Crippen molar-refractivity contribution in [2.24, 2.45) is 5.73 Å². The van der Waals surface area contributed by atoms with Gasteiger partial charge < -0.3 is 16.2 Å². The number of carbonyl (C=O) groups is 2. The Labute approximate surface area is 91.0 Å². The third-order valence-corrected chi connectivity index (χ3v) is 2.89. The molecule has 0 saturated carbocycles. The summed E-state index contributed by atoms with van der Waals surface area (Å²) < 4.78 is 4.81. The molecule has 5 nitrogen and oxygen atoms in total. The molecular formula is C9H12N2O3S. The first kappa shape index (κ1) is 11.5. The Kier molecular flexibility index (Phi) is 3.31. The molecule has 1 heterocycles. The summed E-state index contributed by atoms with van der Waals surface area (Å²) in [4.78, 5) is 23.3. The zero-order valence-corrected chi connectivity index (χ0v) is 9.26. The van der Waals surface area contributed by atoms with E-state index in [1.54, 1.807) is 6.92 Å². The summed E-state index contributed by atoms with van der Waals surface area (Å²) in [6.45, 7) is 3.22. The molecule has 0 fully saturated rings. The van der Waals surface area contributed by atoms with Gasteiger partial charge in [-0.25, -0.2) is 4.79 Å². The Bertz CT molecular complexity index is 381. The standard InChI is InChI=1S/C9H12N2O3S/c1-4(8(11)12)14-9(13)7-3-6(10)5(2)15-7/h3-4H,10H2,1-2H3,(H2,11,12). The summed E-state index contributed by atoms with van der Waals surface area (Å²) in [5, 5.41) is 0. The maximum absolute atomic E-state index is 11.4. The molecule has 4 N–H and O–H groups in total. The molecule has 0 aliphatic heterocycles. The van der Waals surface area contributed by atoms with Crippen molar-refractivity contribution < 1.29 is 14.3 Å². The molecule has 0 aliphatic carbocycles. The van der Waals surface area contributed by atoms with Gasteiger partial charge in [0, 0.05) is 10.6 Å². The molecule has 15 heavy (non-hydrogen) atoms. The predicted octanol–water partition coefficient (Wildman–Crippen LogP) is 0.669. The fourth-order valence-electron chi connectivity index (χ4n) is 0.873. The monoisotopic (exact) mass is 228 g/mol. The maximum Gasteiger partial charge on any atom is 0.349 e. The number of nitrogen functional groups attached to an aromatic ring is 1. The van der Waals surface area contributed by atoms with Crippen LogP contribution in [0, 0.1) is 6.92 Å². The van der Waals surface area contributed by atoms with E-state index >= 15 is 0 Å². The summed E-state index contributed by atoms with van der Waals surface area (Å²) in [6.07, 6.45) is -0.930. The highest BCUT2D eigenvalue weighted by Crippen LogP contribution is 2.24. The summed E-state index contributed by atoms with van der Waals surface area (Å²) in [6, 6.07) is 1.52. The highest BCUT2D eigenvalue weighted by molar-refractivity contribution is 7.14. The van der Waals surface area contributed by atoms with Crippen molar-refractivity contribution in [3.05, 3.63) is 15.8 Å². The van der Waals surface area contributed by atoms with Gasteiger partial charge in [-0.05, 0) is 19.9 Å². The van der Waals surface area contributed by atoms with E-state index in [1.165, 1.54) is 24.3 Å². The number of anilines is 1. The minimum Gasteiger partial charge on any atom is -0.448 e. The van der Waals surface area contributed by atoms with Gasteiger partial charge in [0.2, 0.25) is 0 Å². The van der Waals surface area contributed by atoms with Crippen molar-refractivity contribution in [1.29, 1.82) is 0 Å². The summed E-state index contributed by atoms with van der Waals surface area (Å²) in [7, 11) is 0.